The zero-order valence-corrected chi connectivity index (χ0v) is 24.9. The van der Waals surface area contributed by atoms with Gasteiger partial charge in [0.15, 0.2) is 0 Å². The maximum absolute atomic E-state index is 14.0. The number of anilines is 3. The maximum Gasteiger partial charge on any atom is 0.299 e. The van der Waals surface area contributed by atoms with Crippen molar-refractivity contribution in [3.8, 4) is 0 Å². The Labute approximate surface area is 253 Å². The summed E-state index contributed by atoms with van der Waals surface area (Å²) in [4.78, 5) is 57.8. The Hall–Kier alpha value is -4.04. The van der Waals surface area contributed by atoms with Crippen LogP contribution in [0.2, 0.25) is 0 Å². The molecule has 6 rings (SSSR count). The molecule has 8 heteroatoms. The van der Waals surface area contributed by atoms with Crippen molar-refractivity contribution in [1.29, 1.82) is 0 Å². The SMILES string of the molecule is O=C1C(=O)N(CCCCCN2C(=O)/C(=C3\C(=O)N(CCCCCBr)c4ccccc43)c3ccccc32)c2ccccc21. The first-order valence-electron chi connectivity index (χ1n) is 14.6. The third kappa shape index (κ3) is 4.87. The molecule has 0 atom stereocenters. The third-order valence-corrected chi connectivity index (χ3v) is 8.81. The molecule has 3 aromatic carbocycles. The van der Waals surface area contributed by atoms with Crippen LogP contribution in [0.15, 0.2) is 72.8 Å². The van der Waals surface area contributed by atoms with Gasteiger partial charge in [-0.25, -0.2) is 0 Å². The number of carbonyl (C=O) groups excluding carboxylic acids is 4. The summed E-state index contributed by atoms with van der Waals surface area (Å²) in [7, 11) is 0. The van der Waals surface area contributed by atoms with Crippen molar-refractivity contribution in [2.45, 2.75) is 38.5 Å². The molecule has 42 heavy (non-hydrogen) atoms. The number of unbranched alkanes of at least 4 members (excludes halogenated alkanes) is 4. The lowest BCUT2D eigenvalue weighted by Crippen LogP contribution is -2.31. The fourth-order valence-electron chi connectivity index (χ4n) is 6.22. The van der Waals surface area contributed by atoms with Gasteiger partial charge < -0.3 is 14.7 Å². The fourth-order valence-corrected chi connectivity index (χ4v) is 6.61. The van der Waals surface area contributed by atoms with Crippen LogP contribution in [0, 0.1) is 0 Å². The number of carbonyl (C=O) groups is 4. The molecular weight excluding hydrogens is 594 g/mol. The Morgan fingerprint density at radius 1 is 0.452 bits per heavy atom. The molecule has 0 N–H and O–H groups in total. The van der Waals surface area contributed by atoms with E-state index in [4.69, 9.17) is 0 Å². The van der Waals surface area contributed by atoms with E-state index >= 15 is 0 Å². The molecule has 0 bridgehead atoms. The van der Waals surface area contributed by atoms with Crippen LogP contribution in [0.3, 0.4) is 0 Å². The van der Waals surface area contributed by atoms with Gasteiger partial charge in [-0.3, -0.25) is 19.2 Å². The molecule has 0 spiro atoms. The van der Waals surface area contributed by atoms with Gasteiger partial charge in [-0.15, -0.1) is 0 Å². The molecule has 0 radical (unpaired) electrons. The lowest BCUT2D eigenvalue weighted by atomic mass is 9.96. The van der Waals surface area contributed by atoms with E-state index in [-0.39, 0.29) is 11.8 Å². The summed E-state index contributed by atoms with van der Waals surface area (Å²) in [5, 5.41) is 0.942. The first kappa shape index (κ1) is 28.1. The quantitative estimate of drug-likeness (QED) is 0.109. The number of hydrogen-bond acceptors (Lipinski definition) is 4. The van der Waals surface area contributed by atoms with E-state index in [0.29, 0.717) is 48.5 Å². The lowest BCUT2D eigenvalue weighted by Gasteiger charge is -2.19. The fraction of sp³-hybridized carbons (Fsp3) is 0.294. The van der Waals surface area contributed by atoms with Crippen molar-refractivity contribution in [1.82, 2.24) is 0 Å². The number of rotatable bonds is 11. The van der Waals surface area contributed by atoms with E-state index in [9.17, 15) is 19.2 Å². The highest BCUT2D eigenvalue weighted by Crippen LogP contribution is 2.46. The topological polar surface area (TPSA) is 78.0 Å². The van der Waals surface area contributed by atoms with Gasteiger partial charge in [0.2, 0.25) is 0 Å². The number of hydrogen-bond donors (Lipinski definition) is 0. The van der Waals surface area contributed by atoms with Gasteiger partial charge in [0.05, 0.1) is 33.8 Å². The molecule has 7 nitrogen and oxygen atoms in total. The van der Waals surface area contributed by atoms with Crippen molar-refractivity contribution in [3.05, 3.63) is 89.5 Å². The summed E-state index contributed by atoms with van der Waals surface area (Å²) >= 11 is 3.48. The van der Waals surface area contributed by atoms with E-state index in [2.05, 4.69) is 15.9 Å². The molecule has 0 saturated carbocycles. The van der Waals surface area contributed by atoms with Crippen LogP contribution in [0.4, 0.5) is 17.1 Å². The smallest absolute Gasteiger partial charge is 0.299 e. The number of nitrogens with zero attached hydrogens (tertiary/aromatic N) is 3. The minimum atomic E-state index is -0.477. The molecule has 3 aromatic rings. The van der Waals surface area contributed by atoms with E-state index in [1.165, 1.54) is 0 Å². The molecule has 3 heterocycles. The first-order chi connectivity index (χ1) is 20.5. The van der Waals surface area contributed by atoms with Crippen LogP contribution >= 0.6 is 15.9 Å². The monoisotopic (exact) mass is 625 g/mol. The number of ketones is 1. The van der Waals surface area contributed by atoms with Gasteiger partial charge in [0.1, 0.15) is 0 Å². The van der Waals surface area contributed by atoms with Crippen molar-refractivity contribution in [2.24, 2.45) is 0 Å². The van der Waals surface area contributed by atoms with Crippen molar-refractivity contribution in [2.75, 3.05) is 39.7 Å². The molecule has 3 aliphatic heterocycles. The average Bonchev–Trinajstić information content (AvgIpc) is 3.54. The number of benzene rings is 3. The predicted octanol–water partition coefficient (Wildman–Crippen LogP) is 6.26. The summed E-state index contributed by atoms with van der Waals surface area (Å²) in [6.45, 7) is 1.58. The second kappa shape index (κ2) is 12.1. The summed E-state index contributed by atoms with van der Waals surface area (Å²) in [5.74, 6) is -1.19. The van der Waals surface area contributed by atoms with Crippen LogP contribution < -0.4 is 14.7 Å². The second-order valence-corrected chi connectivity index (χ2v) is 11.6. The highest BCUT2D eigenvalue weighted by molar-refractivity contribution is 9.09. The molecule has 3 amide bonds. The molecule has 214 valence electrons. The number of alkyl halides is 1. The van der Waals surface area contributed by atoms with Crippen LogP contribution in [-0.4, -0.2) is 48.5 Å². The summed E-state index contributed by atoms with van der Waals surface area (Å²) in [6.07, 6.45) is 5.19. The largest absolute Gasteiger partial charge is 0.308 e. The minimum Gasteiger partial charge on any atom is -0.308 e. The van der Waals surface area contributed by atoms with E-state index in [0.717, 1.165) is 59.9 Å². The Kier molecular flexibility index (Phi) is 8.07. The van der Waals surface area contributed by atoms with Gasteiger partial charge >= 0.3 is 0 Å². The van der Waals surface area contributed by atoms with Gasteiger partial charge in [0, 0.05) is 36.1 Å². The summed E-state index contributed by atoms with van der Waals surface area (Å²) in [5.41, 5.74) is 5.39. The van der Waals surface area contributed by atoms with Gasteiger partial charge in [-0.1, -0.05) is 70.9 Å². The number of para-hydroxylation sites is 3. The van der Waals surface area contributed by atoms with E-state index < -0.39 is 11.7 Å². The van der Waals surface area contributed by atoms with Crippen LogP contribution in [-0.2, 0) is 14.4 Å². The van der Waals surface area contributed by atoms with Gasteiger partial charge in [0.25, 0.3) is 23.5 Å². The molecule has 0 saturated heterocycles. The molecule has 0 fully saturated rings. The zero-order valence-electron chi connectivity index (χ0n) is 23.4. The van der Waals surface area contributed by atoms with Crippen molar-refractivity contribution in [3.63, 3.8) is 0 Å². The predicted molar refractivity (Wildman–Crippen MR) is 169 cm³/mol. The second-order valence-electron chi connectivity index (χ2n) is 10.8. The first-order valence-corrected chi connectivity index (χ1v) is 15.7. The minimum absolute atomic E-state index is 0.111. The Balaban J connectivity index is 1.18. The van der Waals surface area contributed by atoms with Gasteiger partial charge in [-0.2, -0.15) is 0 Å². The van der Waals surface area contributed by atoms with Crippen molar-refractivity contribution >= 4 is 67.6 Å². The number of amides is 3. The van der Waals surface area contributed by atoms with Crippen molar-refractivity contribution < 1.29 is 19.2 Å². The third-order valence-electron chi connectivity index (χ3n) is 8.25. The van der Waals surface area contributed by atoms with Gasteiger partial charge in [-0.05, 0) is 56.4 Å². The molecule has 0 aromatic heterocycles. The molecule has 0 unspecified atom stereocenters. The van der Waals surface area contributed by atoms with Crippen LogP contribution in [0.1, 0.15) is 60.0 Å². The number of fused-ring (bicyclic) bond motifs is 3. The Morgan fingerprint density at radius 3 is 1.31 bits per heavy atom. The zero-order chi connectivity index (χ0) is 29.2. The van der Waals surface area contributed by atoms with Crippen LogP contribution in [0.5, 0.6) is 0 Å². The highest BCUT2D eigenvalue weighted by atomic mass is 79.9. The van der Waals surface area contributed by atoms with E-state index in [1.54, 1.807) is 28.0 Å². The molecular formula is C34H32BrN3O4. The average molecular weight is 627 g/mol. The number of Topliss-reactive ketones (excluding diaryl/α,β-unsaturated/α-hetero) is 1. The number of halogens is 1. The molecule has 0 aliphatic carbocycles. The highest BCUT2D eigenvalue weighted by Gasteiger charge is 2.41. The summed E-state index contributed by atoms with van der Waals surface area (Å²) < 4.78 is 0. The molecule has 3 aliphatic rings. The van der Waals surface area contributed by atoms with Crippen LogP contribution in [0.25, 0.3) is 11.1 Å². The normalized spacial score (nSPS) is 17.4. The lowest BCUT2D eigenvalue weighted by molar-refractivity contribution is -0.114. The Bertz CT molecular complexity index is 1610. The summed E-state index contributed by atoms with van der Waals surface area (Å²) in [6, 6.07) is 22.5. The van der Waals surface area contributed by atoms with E-state index in [1.807, 2.05) is 59.5 Å². The maximum atomic E-state index is 14.0. The Morgan fingerprint density at radius 2 is 0.833 bits per heavy atom. The standard InChI is InChI=1S/C34H32BrN3O4/c35-19-9-1-10-20-36-26-16-6-3-13-23(26)29(32(36)40)30-24-14-4-7-17-27(24)37(33(30)41)21-11-2-12-22-38-28-18-8-5-15-25(28)31(39)34(38)42/h3-8,13-18H,1-2,9-12,19-22H2/b30-29-.